The van der Waals surface area contributed by atoms with E-state index in [0.717, 1.165) is 50.7 Å². The van der Waals surface area contributed by atoms with Crippen molar-refractivity contribution >= 4 is 29.9 Å². The highest BCUT2D eigenvalue weighted by Crippen LogP contribution is 2.33. The molecule has 0 saturated carbocycles. The standard InChI is InChI=1S/C25H35N3O2.HI/c1-19(20-11-13-23(29-3)14-12-20)15-16-27-25(26-2)28-18-22-10-7-17-30-24(22)21-8-5-4-6-9-21;/h4-6,8-9,11-14,19,22,24H,7,10,15-18H2,1-3H3,(H2,26,27,28);1H. The predicted octanol–water partition coefficient (Wildman–Crippen LogP) is 5.14. The number of nitrogens with one attached hydrogen (secondary N) is 2. The van der Waals surface area contributed by atoms with Gasteiger partial charge in [0, 0.05) is 32.7 Å². The van der Waals surface area contributed by atoms with Crippen molar-refractivity contribution in [2.45, 2.75) is 38.2 Å². The van der Waals surface area contributed by atoms with Crippen molar-refractivity contribution in [3.05, 3.63) is 65.7 Å². The van der Waals surface area contributed by atoms with E-state index >= 15 is 0 Å². The molecule has 2 aromatic carbocycles. The van der Waals surface area contributed by atoms with Gasteiger partial charge in [0.1, 0.15) is 5.75 Å². The molecule has 3 unspecified atom stereocenters. The molecular weight excluding hydrogens is 501 g/mol. The highest BCUT2D eigenvalue weighted by atomic mass is 127. The number of rotatable bonds is 8. The van der Waals surface area contributed by atoms with Crippen molar-refractivity contribution in [3.8, 4) is 5.75 Å². The van der Waals surface area contributed by atoms with Crippen LogP contribution in [0, 0.1) is 5.92 Å². The zero-order valence-electron chi connectivity index (χ0n) is 18.8. The lowest BCUT2D eigenvalue weighted by molar-refractivity contribution is -0.0265. The van der Waals surface area contributed by atoms with Crippen molar-refractivity contribution in [1.29, 1.82) is 0 Å². The molecule has 170 valence electrons. The lowest BCUT2D eigenvalue weighted by Crippen LogP contribution is -2.42. The van der Waals surface area contributed by atoms with Crippen molar-refractivity contribution in [1.82, 2.24) is 10.6 Å². The summed E-state index contributed by atoms with van der Waals surface area (Å²) in [7, 11) is 3.52. The number of ether oxygens (including phenoxy) is 2. The molecule has 2 aromatic rings. The van der Waals surface area contributed by atoms with E-state index in [1.54, 1.807) is 7.11 Å². The van der Waals surface area contributed by atoms with E-state index < -0.39 is 0 Å². The third-order valence-electron chi connectivity index (χ3n) is 5.88. The highest BCUT2D eigenvalue weighted by molar-refractivity contribution is 14.0. The minimum Gasteiger partial charge on any atom is -0.497 e. The number of halogens is 1. The van der Waals surface area contributed by atoms with Crippen molar-refractivity contribution in [2.24, 2.45) is 10.9 Å². The van der Waals surface area contributed by atoms with Crippen molar-refractivity contribution < 1.29 is 9.47 Å². The van der Waals surface area contributed by atoms with E-state index in [0.29, 0.717) is 11.8 Å². The molecule has 1 aliphatic rings. The molecule has 0 bridgehead atoms. The van der Waals surface area contributed by atoms with Crippen LogP contribution in [-0.4, -0.2) is 39.8 Å². The van der Waals surface area contributed by atoms with E-state index in [9.17, 15) is 0 Å². The van der Waals surface area contributed by atoms with Crippen molar-refractivity contribution in [3.63, 3.8) is 0 Å². The van der Waals surface area contributed by atoms with Gasteiger partial charge in [0.05, 0.1) is 13.2 Å². The van der Waals surface area contributed by atoms with Crippen LogP contribution in [0.5, 0.6) is 5.75 Å². The van der Waals surface area contributed by atoms with E-state index in [4.69, 9.17) is 9.47 Å². The number of benzene rings is 2. The van der Waals surface area contributed by atoms with Gasteiger partial charge in [-0.15, -0.1) is 24.0 Å². The molecule has 0 spiro atoms. The van der Waals surface area contributed by atoms with Gasteiger partial charge in [0.2, 0.25) is 0 Å². The summed E-state index contributed by atoms with van der Waals surface area (Å²) in [6.07, 6.45) is 3.46. The van der Waals surface area contributed by atoms with E-state index in [2.05, 4.69) is 65.0 Å². The fraction of sp³-hybridized carbons (Fsp3) is 0.480. The Morgan fingerprint density at radius 1 is 1.13 bits per heavy atom. The fourth-order valence-corrected chi connectivity index (χ4v) is 4.02. The molecule has 3 rings (SSSR count). The molecule has 5 nitrogen and oxygen atoms in total. The Hall–Kier alpha value is -1.80. The van der Waals surface area contributed by atoms with Crippen LogP contribution in [0.4, 0.5) is 0 Å². The molecule has 0 amide bonds. The third kappa shape index (κ3) is 7.68. The Bertz CT molecular complexity index is 783. The van der Waals surface area contributed by atoms with E-state index in [-0.39, 0.29) is 30.1 Å². The summed E-state index contributed by atoms with van der Waals surface area (Å²) in [6.45, 7) is 4.82. The average molecular weight is 537 g/mol. The van der Waals surface area contributed by atoms with Gasteiger partial charge in [-0.3, -0.25) is 4.99 Å². The van der Waals surface area contributed by atoms with Crippen LogP contribution >= 0.6 is 24.0 Å². The SMILES string of the molecule is CN=C(NCCC(C)c1ccc(OC)cc1)NCC1CCCOC1c1ccccc1.I. The van der Waals surface area contributed by atoms with Crippen LogP contribution < -0.4 is 15.4 Å². The molecule has 1 aliphatic heterocycles. The lowest BCUT2D eigenvalue weighted by Gasteiger charge is -2.32. The van der Waals surface area contributed by atoms with Gasteiger partial charge in [0.25, 0.3) is 0 Å². The van der Waals surface area contributed by atoms with Gasteiger partial charge in [-0.05, 0) is 48.4 Å². The molecule has 3 atom stereocenters. The first kappa shape index (κ1) is 25.5. The molecule has 1 heterocycles. The first-order valence-corrected chi connectivity index (χ1v) is 11.0. The topological polar surface area (TPSA) is 54.9 Å². The Kier molecular flexibility index (Phi) is 11.2. The molecule has 31 heavy (non-hydrogen) atoms. The van der Waals surface area contributed by atoms with Gasteiger partial charge < -0.3 is 20.1 Å². The Balaban J connectivity index is 0.00000341. The number of guanidine groups is 1. The van der Waals surface area contributed by atoms with Crippen LogP contribution in [0.1, 0.15) is 49.3 Å². The number of hydrogen-bond donors (Lipinski definition) is 2. The first-order valence-electron chi connectivity index (χ1n) is 11.0. The van der Waals surface area contributed by atoms with Gasteiger partial charge in [-0.1, -0.05) is 49.4 Å². The average Bonchev–Trinajstić information content (AvgIpc) is 2.82. The normalized spacial score (nSPS) is 19.8. The Morgan fingerprint density at radius 3 is 2.55 bits per heavy atom. The first-order chi connectivity index (χ1) is 14.7. The van der Waals surface area contributed by atoms with Gasteiger partial charge in [0.15, 0.2) is 5.96 Å². The Labute approximate surface area is 204 Å². The minimum atomic E-state index is 0. The smallest absolute Gasteiger partial charge is 0.190 e. The van der Waals surface area contributed by atoms with E-state index in [1.807, 2.05) is 19.2 Å². The number of nitrogens with zero attached hydrogens (tertiary/aromatic N) is 1. The second-order valence-corrected chi connectivity index (χ2v) is 7.95. The maximum Gasteiger partial charge on any atom is 0.190 e. The maximum atomic E-state index is 6.11. The highest BCUT2D eigenvalue weighted by Gasteiger charge is 2.27. The summed E-state index contributed by atoms with van der Waals surface area (Å²) in [5.74, 6) is 2.66. The fourth-order valence-electron chi connectivity index (χ4n) is 4.02. The molecule has 0 aliphatic carbocycles. The summed E-state index contributed by atoms with van der Waals surface area (Å²) in [5.41, 5.74) is 2.59. The van der Waals surface area contributed by atoms with Crippen LogP contribution in [0.3, 0.4) is 0 Å². The van der Waals surface area contributed by atoms with Crippen molar-refractivity contribution in [2.75, 3.05) is 33.9 Å². The summed E-state index contributed by atoms with van der Waals surface area (Å²) in [6, 6.07) is 18.9. The lowest BCUT2D eigenvalue weighted by atomic mass is 9.89. The molecule has 1 saturated heterocycles. The summed E-state index contributed by atoms with van der Waals surface area (Å²) >= 11 is 0. The summed E-state index contributed by atoms with van der Waals surface area (Å²) in [4.78, 5) is 4.40. The van der Waals surface area contributed by atoms with Gasteiger partial charge >= 0.3 is 0 Å². The number of methoxy groups -OCH3 is 1. The van der Waals surface area contributed by atoms with Crippen LogP contribution in [0.15, 0.2) is 59.6 Å². The summed E-state index contributed by atoms with van der Waals surface area (Å²) in [5, 5.41) is 6.97. The van der Waals surface area contributed by atoms with Gasteiger partial charge in [-0.25, -0.2) is 0 Å². The van der Waals surface area contributed by atoms with Crippen LogP contribution in [-0.2, 0) is 4.74 Å². The molecular formula is C25H36IN3O2. The quantitative estimate of drug-likeness (QED) is 0.278. The zero-order chi connectivity index (χ0) is 21.2. The second-order valence-electron chi connectivity index (χ2n) is 7.95. The minimum absolute atomic E-state index is 0. The van der Waals surface area contributed by atoms with Crippen LogP contribution in [0.2, 0.25) is 0 Å². The molecule has 0 aromatic heterocycles. The number of hydrogen-bond acceptors (Lipinski definition) is 3. The summed E-state index contributed by atoms with van der Waals surface area (Å²) < 4.78 is 11.4. The second kappa shape index (κ2) is 13.6. The zero-order valence-corrected chi connectivity index (χ0v) is 21.2. The maximum absolute atomic E-state index is 6.11. The molecule has 0 radical (unpaired) electrons. The Morgan fingerprint density at radius 2 is 1.87 bits per heavy atom. The largest absolute Gasteiger partial charge is 0.497 e. The molecule has 2 N–H and O–H groups in total. The van der Waals surface area contributed by atoms with Gasteiger partial charge in [-0.2, -0.15) is 0 Å². The predicted molar refractivity (Wildman–Crippen MR) is 139 cm³/mol. The third-order valence-corrected chi connectivity index (χ3v) is 5.88. The molecule has 1 fully saturated rings. The monoisotopic (exact) mass is 537 g/mol. The molecule has 6 heteroatoms. The number of aliphatic imine (C=N–C) groups is 1. The van der Waals surface area contributed by atoms with Crippen LogP contribution in [0.25, 0.3) is 0 Å². The van der Waals surface area contributed by atoms with E-state index in [1.165, 1.54) is 11.1 Å².